The average Bonchev–Trinajstić information content (AvgIpc) is 2.66. The van der Waals surface area contributed by atoms with Crippen LogP contribution in [0, 0.1) is 11.6 Å². The van der Waals surface area contributed by atoms with Crippen LogP contribution in [-0.2, 0) is 16.3 Å². The number of sulfone groups is 1. The van der Waals surface area contributed by atoms with Crippen LogP contribution in [0.2, 0.25) is 0 Å². The van der Waals surface area contributed by atoms with E-state index in [9.17, 15) is 17.2 Å². The van der Waals surface area contributed by atoms with E-state index in [0.717, 1.165) is 17.7 Å². The number of benzene rings is 2. The Morgan fingerprint density at radius 1 is 1.10 bits per heavy atom. The molecule has 0 fully saturated rings. The highest BCUT2D eigenvalue weighted by molar-refractivity contribution is 7.90. The highest BCUT2D eigenvalue weighted by Crippen LogP contribution is 2.17. The summed E-state index contributed by atoms with van der Waals surface area (Å²) in [6.45, 7) is 3.67. The van der Waals surface area contributed by atoms with E-state index in [4.69, 9.17) is 4.74 Å². The predicted molar refractivity (Wildman–Crippen MR) is 109 cm³/mol. The summed E-state index contributed by atoms with van der Waals surface area (Å²) in [5.74, 6) is -0.816. The summed E-state index contributed by atoms with van der Waals surface area (Å²) in [5, 5.41) is 6.17. The average molecular weight is 426 g/mol. The van der Waals surface area contributed by atoms with E-state index in [1.165, 1.54) is 12.3 Å². The summed E-state index contributed by atoms with van der Waals surface area (Å²) < 4.78 is 54.7. The number of nitrogens with zero attached hydrogens (tertiary/aromatic N) is 1. The van der Waals surface area contributed by atoms with Crippen LogP contribution in [0.5, 0.6) is 5.75 Å². The lowest BCUT2D eigenvalue weighted by Crippen LogP contribution is -2.39. The Morgan fingerprint density at radius 3 is 2.45 bits per heavy atom. The molecule has 158 valence electrons. The lowest BCUT2D eigenvalue weighted by molar-refractivity contribution is 0.304. The Balaban J connectivity index is 1.81. The van der Waals surface area contributed by atoms with Crippen LogP contribution in [0.4, 0.5) is 8.78 Å². The minimum atomic E-state index is -3.20. The van der Waals surface area contributed by atoms with E-state index < -0.39 is 21.5 Å². The molecule has 0 aromatic heterocycles. The Labute approximate surface area is 169 Å². The zero-order valence-electron chi connectivity index (χ0n) is 16.4. The molecule has 0 unspecified atom stereocenters. The quantitative estimate of drug-likeness (QED) is 0.367. The number of rotatable bonds is 9. The number of halogens is 2. The molecule has 0 aliphatic rings. The monoisotopic (exact) mass is 425 g/mol. The van der Waals surface area contributed by atoms with Crippen LogP contribution < -0.4 is 15.4 Å². The summed E-state index contributed by atoms with van der Waals surface area (Å²) in [6.07, 6.45) is 1.83. The third-order valence-electron chi connectivity index (χ3n) is 3.91. The van der Waals surface area contributed by atoms with Gasteiger partial charge in [-0.2, -0.15) is 0 Å². The second-order valence-corrected chi connectivity index (χ2v) is 8.29. The first kappa shape index (κ1) is 22.6. The van der Waals surface area contributed by atoms with Crippen molar-refractivity contribution in [1.82, 2.24) is 10.6 Å². The minimum absolute atomic E-state index is 0.00678. The van der Waals surface area contributed by atoms with Crippen LogP contribution in [0.25, 0.3) is 0 Å². The number of guanidine groups is 1. The summed E-state index contributed by atoms with van der Waals surface area (Å²) in [6, 6.07) is 9.89. The standard InChI is InChI=1S/C20H25F2N3O3S/c1-3-23-20(25-12-13-28-19-9-6-16(21)14-18(19)22)24-11-10-15-4-7-17(8-5-15)29(2,26)27/h4-9,14H,3,10-13H2,1-2H3,(H2,23,24,25). The zero-order valence-corrected chi connectivity index (χ0v) is 17.2. The van der Waals surface area contributed by atoms with Gasteiger partial charge in [-0.3, -0.25) is 4.99 Å². The van der Waals surface area contributed by atoms with E-state index >= 15 is 0 Å². The Bertz CT molecular complexity index is 932. The van der Waals surface area contributed by atoms with Crippen molar-refractivity contribution in [2.24, 2.45) is 4.99 Å². The third kappa shape index (κ3) is 7.69. The van der Waals surface area contributed by atoms with Crippen molar-refractivity contribution in [1.29, 1.82) is 0 Å². The molecule has 0 heterocycles. The molecule has 6 nitrogen and oxygen atoms in total. The molecule has 0 spiro atoms. The molecule has 0 aliphatic carbocycles. The summed E-state index contributed by atoms with van der Waals surface area (Å²) in [7, 11) is -3.20. The van der Waals surface area contributed by atoms with Gasteiger partial charge in [-0.25, -0.2) is 17.2 Å². The molecule has 0 radical (unpaired) electrons. The van der Waals surface area contributed by atoms with Crippen molar-refractivity contribution in [3.05, 3.63) is 59.7 Å². The highest BCUT2D eigenvalue weighted by atomic mass is 32.2. The first-order valence-electron chi connectivity index (χ1n) is 9.18. The maximum Gasteiger partial charge on any atom is 0.191 e. The van der Waals surface area contributed by atoms with Crippen molar-refractivity contribution >= 4 is 15.8 Å². The van der Waals surface area contributed by atoms with Crippen LogP contribution >= 0.6 is 0 Å². The van der Waals surface area contributed by atoms with Gasteiger partial charge < -0.3 is 15.4 Å². The van der Waals surface area contributed by atoms with Gasteiger partial charge >= 0.3 is 0 Å². The Hall–Kier alpha value is -2.68. The smallest absolute Gasteiger partial charge is 0.191 e. The van der Waals surface area contributed by atoms with Gasteiger partial charge in [-0.05, 0) is 43.2 Å². The van der Waals surface area contributed by atoms with Crippen LogP contribution in [0.1, 0.15) is 12.5 Å². The number of ether oxygens (including phenoxy) is 1. The van der Waals surface area contributed by atoms with Gasteiger partial charge in [0.05, 0.1) is 11.4 Å². The van der Waals surface area contributed by atoms with E-state index in [1.54, 1.807) is 24.3 Å². The van der Waals surface area contributed by atoms with Crippen molar-refractivity contribution in [3.8, 4) is 5.75 Å². The molecule has 0 aliphatic heterocycles. The lowest BCUT2D eigenvalue weighted by Gasteiger charge is -2.12. The van der Waals surface area contributed by atoms with Gasteiger partial charge in [0.2, 0.25) is 0 Å². The molecule has 2 aromatic rings. The van der Waals surface area contributed by atoms with Gasteiger partial charge in [0.15, 0.2) is 27.4 Å². The second-order valence-electron chi connectivity index (χ2n) is 6.28. The lowest BCUT2D eigenvalue weighted by atomic mass is 10.1. The molecule has 29 heavy (non-hydrogen) atoms. The SMILES string of the molecule is CCNC(=NCCc1ccc(S(C)(=O)=O)cc1)NCCOc1ccc(F)cc1F. The number of nitrogens with one attached hydrogen (secondary N) is 2. The molecule has 2 aromatic carbocycles. The van der Waals surface area contributed by atoms with E-state index in [0.29, 0.717) is 32.0 Å². The van der Waals surface area contributed by atoms with E-state index in [2.05, 4.69) is 15.6 Å². The van der Waals surface area contributed by atoms with Gasteiger partial charge in [0.25, 0.3) is 0 Å². The zero-order chi connectivity index (χ0) is 21.3. The van der Waals surface area contributed by atoms with E-state index in [1.807, 2.05) is 6.92 Å². The minimum Gasteiger partial charge on any atom is -0.489 e. The van der Waals surface area contributed by atoms with Gasteiger partial charge in [0.1, 0.15) is 12.4 Å². The van der Waals surface area contributed by atoms with Crippen molar-refractivity contribution < 1.29 is 21.9 Å². The van der Waals surface area contributed by atoms with Crippen molar-refractivity contribution in [2.75, 3.05) is 32.5 Å². The van der Waals surface area contributed by atoms with Gasteiger partial charge in [-0.1, -0.05) is 12.1 Å². The Morgan fingerprint density at radius 2 is 1.83 bits per heavy atom. The number of hydrogen-bond acceptors (Lipinski definition) is 4. The molecule has 0 saturated heterocycles. The normalized spacial score (nSPS) is 11.9. The summed E-state index contributed by atoms with van der Waals surface area (Å²) >= 11 is 0. The maximum atomic E-state index is 13.5. The fraction of sp³-hybridized carbons (Fsp3) is 0.350. The third-order valence-corrected chi connectivity index (χ3v) is 5.04. The predicted octanol–water partition coefficient (Wildman–Crippen LogP) is 2.54. The summed E-state index contributed by atoms with van der Waals surface area (Å²) in [5.41, 5.74) is 0.979. The topological polar surface area (TPSA) is 79.8 Å². The summed E-state index contributed by atoms with van der Waals surface area (Å²) in [4.78, 5) is 4.74. The van der Waals surface area contributed by atoms with Crippen LogP contribution in [0.3, 0.4) is 0 Å². The number of aliphatic imine (C=N–C) groups is 1. The van der Waals surface area contributed by atoms with Gasteiger partial charge in [-0.15, -0.1) is 0 Å². The van der Waals surface area contributed by atoms with Gasteiger partial charge in [0, 0.05) is 25.4 Å². The van der Waals surface area contributed by atoms with Crippen molar-refractivity contribution in [3.63, 3.8) is 0 Å². The highest BCUT2D eigenvalue weighted by Gasteiger charge is 2.06. The first-order chi connectivity index (χ1) is 13.8. The molecule has 2 rings (SSSR count). The molecule has 0 amide bonds. The fourth-order valence-electron chi connectivity index (χ4n) is 2.46. The molecule has 0 saturated carbocycles. The molecular formula is C20H25F2N3O3S. The maximum absolute atomic E-state index is 13.5. The van der Waals surface area contributed by atoms with Crippen molar-refractivity contribution in [2.45, 2.75) is 18.2 Å². The molecule has 0 atom stereocenters. The van der Waals surface area contributed by atoms with Crippen LogP contribution in [0.15, 0.2) is 52.4 Å². The fourth-order valence-corrected chi connectivity index (χ4v) is 3.10. The Kier molecular flexibility index (Phi) is 8.38. The van der Waals surface area contributed by atoms with Crippen LogP contribution in [-0.4, -0.2) is 46.9 Å². The van der Waals surface area contributed by atoms with E-state index in [-0.39, 0.29) is 17.3 Å². The molecule has 9 heteroatoms. The number of hydrogen-bond donors (Lipinski definition) is 2. The molecular weight excluding hydrogens is 400 g/mol. The first-order valence-corrected chi connectivity index (χ1v) is 11.1. The molecule has 0 bridgehead atoms. The second kappa shape index (κ2) is 10.8. The molecule has 2 N–H and O–H groups in total. The largest absolute Gasteiger partial charge is 0.489 e.